The standard InChI is InChI=1S/C33H43N7O7/c1-20(2)15-25-32(44)37-29(21(3)41)33(45)36-26(16-22-9-6-5-7-10-22)31(43)34-18-24-19-40(39-38-24)13-8-14-47-28-17-23(30(42)35-25)11-12-27(28)46-4/h5-7,9-12,17,19-21,25-26,29,41H,8,13-16,18H2,1-4H3,(H,34,43)(H,35,42)(H,36,45)(H,37,44)/t21-,25-,26-,29+/m1/s1. The SMILES string of the molecule is COc1ccc2cc1OCCCn1cc(nn1)CNC(=O)[C@@H](Cc1ccccc1)NC(=O)[C@H]([C@@H](C)O)NC(=O)[C@@H](CC(C)C)NC2=O. The van der Waals surface area contributed by atoms with E-state index in [4.69, 9.17) is 9.47 Å². The van der Waals surface area contributed by atoms with Gasteiger partial charge in [-0.25, -0.2) is 0 Å². The molecule has 0 saturated carbocycles. The van der Waals surface area contributed by atoms with Gasteiger partial charge in [0.25, 0.3) is 5.91 Å². The molecule has 1 aromatic heterocycles. The van der Waals surface area contributed by atoms with Crippen LogP contribution in [0.1, 0.15) is 55.2 Å². The Balaban J connectivity index is 1.64. The summed E-state index contributed by atoms with van der Waals surface area (Å²) < 4.78 is 13.0. The summed E-state index contributed by atoms with van der Waals surface area (Å²) >= 11 is 0. The number of ether oxygens (including phenoxy) is 2. The van der Waals surface area contributed by atoms with Crippen molar-refractivity contribution in [2.75, 3.05) is 13.7 Å². The second-order valence-corrected chi connectivity index (χ2v) is 11.9. The second kappa shape index (κ2) is 16.5. The summed E-state index contributed by atoms with van der Waals surface area (Å²) in [5, 5.41) is 29.7. The normalized spacial score (nSPS) is 20.8. The molecule has 1 aliphatic rings. The molecule has 4 bridgehead atoms. The molecular weight excluding hydrogens is 606 g/mol. The molecule has 47 heavy (non-hydrogen) atoms. The van der Waals surface area contributed by atoms with Gasteiger partial charge in [-0.3, -0.25) is 23.9 Å². The average molecular weight is 650 g/mol. The van der Waals surface area contributed by atoms with Crippen LogP contribution in [0.5, 0.6) is 11.5 Å². The van der Waals surface area contributed by atoms with Crippen LogP contribution < -0.4 is 30.7 Å². The van der Waals surface area contributed by atoms with E-state index >= 15 is 0 Å². The molecule has 4 atom stereocenters. The van der Waals surface area contributed by atoms with Crippen LogP contribution in [-0.4, -0.2) is 81.7 Å². The molecule has 4 amide bonds. The van der Waals surface area contributed by atoms with Crippen molar-refractivity contribution in [3.63, 3.8) is 0 Å². The zero-order chi connectivity index (χ0) is 33.9. The lowest BCUT2D eigenvalue weighted by Gasteiger charge is -2.27. The molecule has 0 radical (unpaired) electrons. The minimum atomic E-state index is -1.42. The lowest BCUT2D eigenvalue weighted by molar-refractivity contribution is -0.135. The van der Waals surface area contributed by atoms with Crippen molar-refractivity contribution >= 4 is 23.6 Å². The molecule has 1 aliphatic heterocycles. The van der Waals surface area contributed by atoms with Crippen molar-refractivity contribution in [2.24, 2.45) is 5.92 Å². The van der Waals surface area contributed by atoms with Crippen LogP contribution in [0.3, 0.4) is 0 Å². The number of benzene rings is 2. The highest BCUT2D eigenvalue weighted by Crippen LogP contribution is 2.28. The number of aliphatic hydroxyl groups excluding tert-OH is 1. The van der Waals surface area contributed by atoms with Crippen molar-refractivity contribution in [1.29, 1.82) is 0 Å². The van der Waals surface area contributed by atoms with Gasteiger partial charge in [-0.15, -0.1) is 5.10 Å². The van der Waals surface area contributed by atoms with Crippen molar-refractivity contribution in [3.05, 3.63) is 71.5 Å². The summed E-state index contributed by atoms with van der Waals surface area (Å²) in [4.78, 5) is 53.9. The Morgan fingerprint density at radius 3 is 2.45 bits per heavy atom. The highest BCUT2D eigenvalue weighted by atomic mass is 16.5. The van der Waals surface area contributed by atoms with E-state index < -0.39 is 47.9 Å². The summed E-state index contributed by atoms with van der Waals surface area (Å²) in [6.07, 6.45) is 1.35. The third-order valence-corrected chi connectivity index (χ3v) is 7.55. The number of aryl methyl sites for hydroxylation is 1. The van der Waals surface area contributed by atoms with Gasteiger partial charge in [0.1, 0.15) is 23.8 Å². The van der Waals surface area contributed by atoms with Gasteiger partial charge in [0.2, 0.25) is 17.7 Å². The fourth-order valence-corrected chi connectivity index (χ4v) is 5.09. The number of amides is 4. The minimum absolute atomic E-state index is 0.00300. The lowest BCUT2D eigenvalue weighted by atomic mass is 10.0. The molecule has 3 aromatic rings. The number of carbonyl (C=O) groups is 4. The van der Waals surface area contributed by atoms with Gasteiger partial charge in [0.05, 0.1) is 32.6 Å². The van der Waals surface area contributed by atoms with Gasteiger partial charge in [-0.05, 0) is 43.0 Å². The van der Waals surface area contributed by atoms with Gasteiger partial charge < -0.3 is 35.8 Å². The Hall–Kier alpha value is -4.98. The van der Waals surface area contributed by atoms with Gasteiger partial charge in [-0.2, -0.15) is 0 Å². The number of aromatic nitrogens is 3. The van der Waals surface area contributed by atoms with Crippen molar-refractivity contribution in [2.45, 2.75) is 77.4 Å². The fourth-order valence-electron chi connectivity index (χ4n) is 5.09. The number of hydrogen-bond acceptors (Lipinski definition) is 9. The maximum atomic E-state index is 13.6. The molecule has 252 valence electrons. The van der Waals surface area contributed by atoms with Crippen LogP contribution in [0.25, 0.3) is 0 Å². The highest BCUT2D eigenvalue weighted by Gasteiger charge is 2.33. The molecule has 14 nitrogen and oxygen atoms in total. The molecular formula is C33H43N7O7. The maximum absolute atomic E-state index is 13.6. The summed E-state index contributed by atoms with van der Waals surface area (Å²) in [6.45, 7) is 5.97. The molecule has 2 heterocycles. The van der Waals surface area contributed by atoms with E-state index in [9.17, 15) is 24.3 Å². The zero-order valence-electron chi connectivity index (χ0n) is 27.1. The quantitative estimate of drug-likeness (QED) is 0.261. The first-order chi connectivity index (χ1) is 22.5. The Morgan fingerprint density at radius 1 is 0.979 bits per heavy atom. The van der Waals surface area contributed by atoms with E-state index in [0.29, 0.717) is 30.2 Å². The second-order valence-electron chi connectivity index (χ2n) is 11.9. The molecule has 0 spiro atoms. The third kappa shape index (κ3) is 10.0. The summed E-state index contributed by atoms with van der Waals surface area (Å²) in [6, 6.07) is 10.4. The molecule has 2 aromatic carbocycles. The van der Waals surface area contributed by atoms with Gasteiger partial charge in [-0.1, -0.05) is 49.4 Å². The summed E-state index contributed by atoms with van der Waals surface area (Å²) in [7, 11) is 1.49. The molecule has 0 saturated heterocycles. The molecule has 0 fully saturated rings. The number of methoxy groups -OCH3 is 1. The lowest BCUT2D eigenvalue weighted by Crippen LogP contribution is -2.60. The van der Waals surface area contributed by atoms with Crippen LogP contribution >= 0.6 is 0 Å². The average Bonchev–Trinajstić information content (AvgIpc) is 3.50. The molecule has 4 rings (SSSR count). The van der Waals surface area contributed by atoms with Crippen LogP contribution in [0.4, 0.5) is 0 Å². The number of nitrogens with one attached hydrogen (secondary N) is 4. The van der Waals surface area contributed by atoms with Crippen LogP contribution in [0, 0.1) is 5.92 Å². The number of fused-ring (bicyclic) bond motifs is 4. The minimum Gasteiger partial charge on any atom is -0.493 e. The van der Waals surface area contributed by atoms with Crippen LogP contribution in [0.15, 0.2) is 54.7 Å². The predicted octanol–water partition coefficient (Wildman–Crippen LogP) is 1.12. The first-order valence-corrected chi connectivity index (χ1v) is 15.6. The first-order valence-electron chi connectivity index (χ1n) is 15.6. The number of rotatable bonds is 6. The third-order valence-electron chi connectivity index (χ3n) is 7.55. The Bertz CT molecular complexity index is 1530. The summed E-state index contributed by atoms with van der Waals surface area (Å²) in [5.41, 5.74) is 1.54. The van der Waals surface area contributed by atoms with E-state index in [1.165, 1.54) is 14.0 Å². The molecule has 5 N–H and O–H groups in total. The van der Waals surface area contributed by atoms with E-state index in [0.717, 1.165) is 5.56 Å². The topological polar surface area (TPSA) is 186 Å². The van der Waals surface area contributed by atoms with Crippen molar-refractivity contribution < 1.29 is 33.8 Å². The zero-order valence-corrected chi connectivity index (χ0v) is 27.1. The van der Waals surface area contributed by atoms with E-state index in [-0.39, 0.29) is 37.5 Å². The smallest absolute Gasteiger partial charge is 0.252 e. The molecule has 0 aliphatic carbocycles. The van der Waals surface area contributed by atoms with E-state index in [1.54, 1.807) is 29.1 Å². The van der Waals surface area contributed by atoms with Gasteiger partial charge >= 0.3 is 0 Å². The number of nitrogens with zero attached hydrogens (tertiary/aromatic N) is 3. The molecule has 14 heteroatoms. The number of hydrogen-bond donors (Lipinski definition) is 5. The highest BCUT2D eigenvalue weighted by molar-refractivity contribution is 5.99. The maximum Gasteiger partial charge on any atom is 0.252 e. The Kier molecular flexibility index (Phi) is 12.3. The predicted molar refractivity (Wildman–Crippen MR) is 171 cm³/mol. The summed E-state index contributed by atoms with van der Waals surface area (Å²) in [5.74, 6) is -1.66. The van der Waals surface area contributed by atoms with Crippen LogP contribution in [0.2, 0.25) is 0 Å². The molecule has 0 unspecified atom stereocenters. The van der Waals surface area contributed by atoms with Gasteiger partial charge in [0.15, 0.2) is 11.5 Å². The van der Waals surface area contributed by atoms with Crippen molar-refractivity contribution in [3.8, 4) is 11.5 Å². The van der Waals surface area contributed by atoms with Gasteiger partial charge in [0, 0.05) is 24.9 Å². The van der Waals surface area contributed by atoms with E-state index in [1.807, 2.05) is 44.2 Å². The number of carbonyl (C=O) groups excluding carboxylic acids is 4. The first kappa shape index (κ1) is 34.9. The Labute approximate surface area is 273 Å². The van der Waals surface area contributed by atoms with E-state index in [2.05, 4.69) is 31.6 Å². The van der Waals surface area contributed by atoms with Crippen LogP contribution in [-0.2, 0) is 33.9 Å². The Morgan fingerprint density at radius 2 is 1.74 bits per heavy atom. The number of aliphatic hydroxyl groups is 1. The fraction of sp³-hybridized carbons (Fsp3) is 0.455. The monoisotopic (exact) mass is 649 g/mol. The largest absolute Gasteiger partial charge is 0.493 e. The van der Waals surface area contributed by atoms with Crippen molar-refractivity contribution in [1.82, 2.24) is 36.3 Å².